The lowest BCUT2D eigenvalue weighted by molar-refractivity contribution is -0.201. The van der Waals surface area contributed by atoms with Gasteiger partial charge >= 0.3 is 6.18 Å². The van der Waals surface area contributed by atoms with Crippen LogP contribution < -0.4 is 5.32 Å². The number of nitrogens with zero attached hydrogens (tertiary/aromatic N) is 3. The number of carbonyl (C=O) groups is 2. The maximum absolute atomic E-state index is 13.4. The summed E-state index contributed by atoms with van der Waals surface area (Å²) in [5.41, 5.74) is -0.566. The first kappa shape index (κ1) is 26.4. The van der Waals surface area contributed by atoms with Crippen molar-refractivity contribution in [3.63, 3.8) is 0 Å². The fourth-order valence-electron chi connectivity index (χ4n) is 5.57. The zero-order valence-corrected chi connectivity index (χ0v) is 21.2. The minimum atomic E-state index is -4.43. The first-order valence-corrected chi connectivity index (χ1v) is 14.0. The first-order chi connectivity index (χ1) is 17.5. The Morgan fingerprint density at radius 2 is 1.73 bits per heavy atom. The largest absolute Gasteiger partial charge is 0.416 e. The van der Waals surface area contributed by atoms with E-state index in [4.69, 9.17) is 4.74 Å². The number of ether oxygens (including phenoxy) is 1. The van der Waals surface area contributed by atoms with Gasteiger partial charge in [-0.1, -0.05) is 12.1 Å². The predicted octanol–water partition coefficient (Wildman–Crippen LogP) is 1.74. The van der Waals surface area contributed by atoms with Crippen molar-refractivity contribution in [2.24, 2.45) is 5.92 Å². The monoisotopic (exact) mass is 544 g/mol. The number of alkyl halides is 3. The van der Waals surface area contributed by atoms with Crippen LogP contribution in [0.4, 0.5) is 13.2 Å². The maximum atomic E-state index is 13.4. The summed E-state index contributed by atoms with van der Waals surface area (Å²) in [4.78, 5) is 27.8. The predicted molar refractivity (Wildman–Crippen MR) is 126 cm³/mol. The number of piperidine rings is 1. The lowest BCUT2D eigenvalue weighted by atomic mass is 9.89. The standard InChI is InChI=1S/C24H31F3N4O5S/c25-24(26,27)19-7-5-17(6-8-19)13-28-21(32)20-4-2-11-31(20)22(33)18-3-1-10-29(14-18)37(34,35)30-15-23(16-30)9-12-36-23/h5-8,18,20H,1-4,9-16H2,(H,28,32)/t18-,20+/m0/s1. The highest BCUT2D eigenvalue weighted by Crippen LogP contribution is 2.39. The maximum Gasteiger partial charge on any atom is 0.416 e. The smallest absolute Gasteiger partial charge is 0.372 e. The number of likely N-dealkylation sites (tertiary alicyclic amines) is 1. The van der Waals surface area contributed by atoms with E-state index < -0.39 is 33.9 Å². The topological polar surface area (TPSA) is 99.3 Å². The van der Waals surface area contributed by atoms with Crippen molar-refractivity contribution in [3.05, 3.63) is 35.4 Å². The van der Waals surface area contributed by atoms with Crippen molar-refractivity contribution in [2.45, 2.75) is 56.5 Å². The molecule has 9 nitrogen and oxygen atoms in total. The molecule has 5 rings (SSSR count). The molecule has 2 amide bonds. The molecule has 1 aromatic rings. The summed E-state index contributed by atoms with van der Waals surface area (Å²) >= 11 is 0. The molecule has 1 aromatic carbocycles. The molecule has 4 fully saturated rings. The average molecular weight is 545 g/mol. The zero-order valence-electron chi connectivity index (χ0n) is 20.4. The molecular formula is C24H31F3N4O5S. The Morgan fingerprint density at radius 1 is 1.05 bits per heavy atom. The number of benzene rings is 1. The molecule has 37 heavy (non-hydrogen) atoms. The Balaban J connectivity index is 1.16. The van der Waals surface area contributed by atoms with Gasteiger partial charge in [0.25, 0.3) is 10.2 Å². The molecular weight excluding hydrogens is 513 g/mol. The SMILES string of the molecule is O=C(NCc1ccc(C(F)(F)F)cc1)[C@H]1CCCN1C(=O)[C@H]1CCCN(S(=O)(=O)N2CC3(CCO3)C2)C1. The van der Waals surface area contributed by atoms with Crippen molar-refractivity contribution in [3.8, 4) is 0 Å². The molecule has 0 aliphatic carbocycles. The summed E-state index contributed by atoms with van der Waals surface area (Å²) in [6.45, 7) is 2.24. The quantitative estimate of drug-likeness (QED) is 0.589. The van der Waals surface area contributed by atoms with Crippen LogP contribution in [0.2, 0.25) is 0 Å². The van der Waals surface area contributed by atoms with Crippen molar-refractivity contribution in [2.75, 3.05) is 39.3 Å². The average Bonchev–Trinajstić information content (AvgIpc) is 3.30. The molecule has 1 N–H and O–H groups in total. The van der Waals surface area contributed by atoms with E-state index in [0.29, 0.717) is 64.0 Å². The molecule has 4 aliphatic rings. The lowest BCUT2D eigenvalue weighted by Crippen LogP contribution is -2.71. The van der Waals surface area contributed by atoms with Crippen LogP contribution in [0.15, 0.2) is 24.3 Å². The third-order valence-electron chi connectivity index (χ3n) is 7.87. The minimum Gasteiger partial charge on any atom is -0.372 e. The molecule has 0 radical (unpaired) electrons. The second kappa shape index (κ2) is 9.83. The van der Waals surface area contributed by atoms with Crippen molar-refractivity contribution < 1.29 is 35.9 Å². The highest BCUT2D eigenvalue weighted by Gasteiger charge is 2.54. The van der Waals surface area contributed by atoms with Crippen LogP contribution in [0.1, 0.15) is 43.2 Å². The number of carbonyl (C=O) groups excluding carboxylic acids is 2. The van der Waals surface area contributed by atoms with Gasteiger partial charge in [0.05, 0.1) is 23.7 Å². The van der Waals surface area contributed by atoms with Crippen LogP contribution >= 0.6 is 0 Å². The van der Waals surface area contributed by atoms with E-state index in [2.05, 4.69) is 5.32 Å². The Labute approximate surface area is 214 Å². The van der Waals surface area contributed by atoms with E-state index in [0.717, 1.165) is 18.6 Å². The Hall–Kier alpha value is -2.22. The highest BCUT2D eigenvalue weighted by molar-refractivity contribution is 7.86. The summed E-state index contributed by atoms with van der Waals surface area (Å²) in [5, 5.41) is 2.73. The van der Waals surface area contributed by atoms with Gasteiger partial charge in [-0.25, -0.2) is 0 Å². The molecule has 4 saturated heterocycles. The molecule has 4 heterocycles. The van der Waals surface area contributed by atoms with Crippen LogP contribution in [-0.2, 0) is 37.3 Å². The number of halogens is 3. The third kappa shape index (κ3) is 5.23. The summed E-state index contributed by atoms with van der Waals surface area (Å²) in [5.74, 6) is -1.12. The summed E-state index contributed by atoms with van der Waals surface area (Å²) in [6, 6.07) is 3.88. The van der Waals surface area contributed by atoms with E-state index in [1.54, 1.807) is 0 Å². The number of amides is 2. The van der Waals surface area contributed by atoms with Gasteiger partial charge < -0.3 is 15.0 Å². The van der Waals surface area contributed by atoms with E-state index in [1.807, 2.05) is 0 Å². The summed E-state index contributed by atoms with van der Waals surface area (Å²) in [6.07, 6.45) is -1.33. The van der Waals surface area contributed by atoms with Gasteiger partial charge in [0.2, 0.25) is 11.8 Å². The summed E-state index contributed by atoms with van der Waals surface area (Å²) < 4.78 is 72.8. The van der Waals surface area contributed by atoms with Crippen LogP contribution in [-0.4, -0.2) is 84.7 Å². The normalized spacial score (nSPS) is 26.5. The van der Waals surface area contributed by atoms with Crippen LogP contribution in [0, 0.1) is 5.92 Å². The molecule has 0 unspecified atom stereocenters. The molecule has 1 spiro atoms. The van der Waals surface area contributed by atoms with E-state index in [-0.39, 0.29) is 30.5 Å². The molecule has 2 atom stereocenters. The molecule has 0 aromatic heterocycles. The number of hydrogen-bond acceptors (Lipinski definition) is 5. The summed E-state index contributed by atoms with van der Waals surface area (Å²) in [7, 11) is -3.68. The Morgan fingerprint density at radius 3 is 2.35 bits per heavy atom. The first-order valence-electron chi connectivity index (χ1n) is 12.6. The van der Waals surface area contributed by atoms with Gasteiger partial charge in [-0.15, -0.1) is 0 Å². The fraction of sp³-hybridized carbons (Fsp3) is 0.667. The fourth-order valence-corrected chi connectivity index (χ4v) is 7.42. The molecule has 0 bridgehead atoms. The highest BCUT2D eigenvalue weighted by atomic mass is 32.2. The van der Waals surface area contributed by atoms with E-state index >= 15 is 0 Å². The molecule has 4 aliphatic heterocycles. The van der Waals surface area contributed by atoms with Gasteiger partial charge in [0, 0.05) is 45.7 Å². The number of hydrogen-bond donors (Lipinski definition) is 1. The molecule has 0 saturated carbocycles. The Kier molecular flexibility index (Phi) is 7.01. The number of nitrogens with one attached hydrogen (secondary N) is 1. The van der Waals surface area contributed by atoms with Crippen LogP contribution in [0.25, 0.3) is 0 Å². The lowest BCUT2D eigenvalue weighted by Gasteiger charge is -2.55. The second-order valence-electron chi connectivity index (χ2n) is 10.4. The van der Waals surface area contributed by atoms with Gasteiger partial charge in [0.1, 0.15) is 6.04 Å². The zero-order chi connectivity index (χ0) is 26.4. The Bertz CT molecular complexity index is 1130. The molecule has 13 heteroatoms. The van der Waals surface area contributed by atoms with Gasteiger partial charge in [-0.3, -0.25) is 9.59 Å². The van der Waals surface area contributed by atoms with Crippen molar-refractivity contribution in [1.29, 1.82) is 0 Å². The minimum absolute atomic E-state index is 0.0476. The van der Waals surface area contributed by atoms with Gasteiger partial charge in [-0.05, 0) is 43.4 Å². The van der Waals surface area contributed by atoms with Crippen molar-refractivity contribution in [1.82, 2.24) is 18.8 Å². The van der Waals surface area contributed by atoms with Gasteiger partial charge in [-0.2, -0.15) is 30.2 Å². The van der Waals surface area contributed by atoms with Gasteiger partial charge in [0.15, 0.2) is 0 Å². The second-order valence-corrected chi connectivity index (χ2v) is 12.3. The third-order valence-corrected chi connectivity index (χ3v) is 9.76. The van der Waals surface area contributed by atoms with E-state index in [9.17, 15) is 31.2 Å². The van der Waals surface area contributed by atoms with Crippen LogP contribution in [0.3, 0.4) is 0 Å². The van der Waals surface area contributed by atoms with Crippen LogP contribution in [0.5, 0.6) is 0 Å². The van der Waals surface area contributed by atoms with E-state index in [1.165, 1.54) is 25.6 Å². The van der Waals surface area contributed by atoms with Crippen molar-refractivity contribution >= 4 is 22.0 Å². The number of rotatable bonds is 6. The molecule has 204 valence electrons.